The molecule has 7 heteroatoms. The van der Waals surface area contributed by atoms with Crippen molar-refractivity contribution in [3.63, 3.8) is 0 Å². The van der Waals surface area contributed by atoms with Crippen molar-refractivity contribution < 1.29 is 23.1 Å². The lowest BCUT2D eigenvalue weighted by Crippen LogP contribution is -2.50. The number of carbonyl (C=O) groups is 1. The zero-order valence-corrected chi connectivity index (χ0v) is 10.7. The molecule has 0 bridgehead atoms. The number of nitrogens with zero attached hydrogens (tertiary/aromatic N) is 1. The maximum atomic E-state index is 13.0. The molecule has 4 nitrogen and oxygen atoms in total. The number of carboxylic acid groups (broad SMARTS) is 1. The number of benzene rings is 1. The molecule has 110 valence electrons. The fourth-order valence-corrected chi connectivity index (χ4v) is 2.05. The summed E-state index contributed by atoms with van der Waals surface area (Å²) in [5.41, 5.74) is 2.83. The Morgan fingerprint density at radius 2 is 2.00 bits per heavy atom. The molecule has 1 unspecified atom stereocenters. The van der Waals surface area contributed by atoms with Crippen LogP contribution in [0.25, 0.3) is 10.9 Å². The van der Waals surface area contributed by atoms with E-state index in [9.17, 15) is 18.0 Å². The van der Waals surface area contributed by atoms with Gasteiger partial charge in [0.15, 0.2) is 5.54 Å². The molecule has 0 aliphatic rings. The average Bonchev–Trinajstić information content (AvgIpc) is 2.77. The Morgan fingerprint density at radius 1 is 1.38 bits per heavy atom. The maximum absolute atomic E-state index is 13.0. The number of halogens is 3. The summed E-state index contributed by atoms with van der Waals surface area (Å²) in [6, 6.07) is 5.77. The number of rotatable bonds is 3. The highest BCUT2D eigenvalue weighted by molar-refractivity contribution is 5.86. The number of para-hydroxylation sites is 1. The molecule has 2 rings (SSSR count). The van der Waals surface area contributed by atoms with Gasteiger partial charge in [0.2, 0.25) is 0 Å². The molecular formula is C14H11F3N2O2. The molecule has 0 spiro atoms. The third kappa shape index (κ3) is 2.58. The molecule has 0 radical (unpaired) electrons. The minimum atomic E-state index is -4.55. The van der Waals surface area contributed by atoms with Gasteiger partial charge in [0.1, 0.15) is 0 Å². The molecule has 1 atom stereocenters. The normalized spacial score (nSPS) is 14.6. The third-order valence-corrected chi connectivity index (χ3v) is 3.15. The molecule has 21 heavy (non-hydrogen) atoms. The Balaban J connectivity index is 2.62. The molecule has 0 aliphatic carbocycles. The first-order chi connectivity index (χ1) is 9.69. The van der Waals surface area contributed by atoms with E-state index in [1.807, 2.05) is 5.92 Å². The van der Waals surface area contributed by atoms with Gasteiger partial charge in [-0.25, -0.2) is 4.79 Å². The summed E-state index contributed by atoms with van der Waals surface area (Å²) in [4.78, 5) is 11.1. The van der Waals surface area contributed by atoms with Gasteiger partial charge >= 0.3 is 12.1 Å². The summed E-state index contributed by atoms with van der Waals surface area (Å²) >= 11 is 0. The van der Waals surface area contributed by atoms with Crippen LogP contribution in [-0.4, -0.2) is 21.2 Å². The molecule has 0 saturated carbocycles. The molecule has 1 heterocycles. The number of carboxylic acids is 1. The van der Waals surface area contributed by atoms with E-state index in [-0.39, 0.29) is 10.9 Å². The van der Waals surface area contributed by atoms with E-state index < -0.39 is 29.8 Å². The van der Waals surface area contributed by atoms with Crippen LogP contribution in [0.2, 0.25) is 0 Å². The molecule has 0 saturated heterocycles. The molecule has 1 aromatic heterocycles. The van der Waals surface area contributed by atoms with E-state index in [0.717, 1.165) is 10.8 Å². The quantitative estimate of drug-likeness (QED) is 0.852. The van der Waals surface area contributed by atoms with E-state index in [1.165, 1.54) is 18.2 Å². The third-order valence-electron chi connectivity index (χ3n) is 3.15. The van der Waals surface area contributed by atoms with Gasteiger partial charge < -0.3 is 15.4 Å². The van der Waals surface area contributed by atoms with Gasteiger partial charge in [0, 0.05) is 17.1 Å². The number of aromatic nitrogens is 1. The molecular weight excluding hydrogens is 285 g/mol. The predicted octanol–water partition coefficient (Wildman–Crippen LogP) is 2.08. The van der Waals surface area contributed by atoms with Crippen LogP contribution in [0, 0.1) is 12.3 Å². The summed E-state index contributed by atoms with van der Waals surface area (Å²) in [7, 11) is 0. The molecule has 0 amide bonds. The summed E-state index contributed by atoms with van der Waals surface area (Å²) in [6.07, 6.45) is 1.37. The largest absolute Gasteiger partial charge is 0.479 e. The monoisotopic (exact) mass is 296 g/mol. The van der Waals surface area contributed by atoms with E-state index in [0.29, 0.717) is 0 Å². The number of hydrogen-bond acceptors (Lipinski definition) is 2. The van der Waals surface area contributed by atoms with E-state index in [4.69, 9.17) is 17.3 Å². The van der Waals surface area contributed by atoms with E-state index in [2.05, 4.69) is 0 Å². The van der Waals surface area contributed by atoms with E-state index >= 15 is 0 Å². The molecule has 0 fully saturated rings. The predicted molar refractivity (Wildman–Crippen MR) is 70.3 cm³/mol. The van der Waals surface area contributed by atoms with E-state index in [1.54, 1.807) is 6.07 Å². The number of nitrogens with two attached hydrogens (primary N) is 1. The fraction of sp³-hybridized carbons (Fsp3) is 0.214. The van der Waals surface area contributed by atoms with Crippen LogP contribution < -0.4 is 5.73 Å². The molecule has 2 aromatic rings. The standard InChI is InChI=1S/C14H11F3N2O2/c1-2-13(18,12(20)21)8-19-7-10(14(15,16)17)9-5-3-4-6-11(9)19/h1,3-7H,8,18H2,(H,20,21). The Bertz CT molecular complexity index is 743. The first kappa shape index (κ1) is 14.9. The van der Waals surface area contributed by atoms with Gasteiger partial charge in [-0.15, -0.1) is 6.42 Å². The van der Waals surface area contributed by atoms with Crippen molar-refractivity contribution in [3.8, 4) is 12.3 Å². The average molecular weight is 296 g/mol. The highest BCUT2D eigenvalue weighted by atomic mass is 19.4. The van der Waals surface area contributed by atoms with Crippen molar-refractivity contribution in [2.45, 2.75) is 18.3 Å². The van der Waals surface area contributed by atoms with Crippen molar-refractivity contribution >= 4 is 16.9 Å². The highest BCUT2D eigenvalue weighted by Gasteiger charge is 2.37. The van der Waals surface area contributed by atoms with Gasteiger partial charge in [-0.1, -0.05) is 24.1 Å². The Labute approximate surface area is 118 Å². The molecule has 3 N–H and O–H groups in total. The summed E-state index contributed by atoms with van der Waals surface area (Å²) < 4.78 is 40.1. The fourth-order valence-electron chi connectivity index (χ4n) is 2.05. The zero-order valence-electron chi connectivity index (χ0n) is 10.7. The smallest absolute Gasteiger partial charge is 0.418 e. The second kappa shape index (κ2) is 4.82. The number of aliphatic carboxylic acids is 1. The topological polar surface area (TPSA) is 68.2 Å². The van der Waals surface area contributed by atoms with Crippen LogP contribution in [0.1, 0.15) is 5.56 Å². The van der Waals surface area contributed by atoms with Crippen molar-refractivity contribution in [1.82, 2.24) is 4.57 Å². The van der Waals surface area contributed by atoms with Crippen molar-refractivity contribution in [2.75, 3.05) is 0 Å². The Kier molecular flexibility index (Phi) is 3.43. The Morgan fingerprint density at radius 3 is 2.52 bits per heavy atom. The van der Waals surface area contributed by atoms with Gasteiger partial charge in [0.05, 0.1) is 12.1 Å². The zero-order chi connectivity index (χ0) is 15.8. The van der Waals surface area contributed by atoms with Crippen LogP contribution >= 0.6 is 0 Å². The van der Waals surface area contributed by atoms with Crippen LogP contribution in [0.4, 0.5) is 13.2 Å². The SMILES string of the molecule is C#CC(N)(Cn1cc(C(F)(F)F)c2ccccc21)C(=O)O. The molecule has 0 aliphatic heterocycles. The molecule has 1 aromatic carbocycles. The van der Waals surface area contributed by atoms with Gasteiger partial charge in [-0.3, -0.25) is 0 Å². The van der Waals surface area contributed by atoms with Crippen LogP contribution in [0.15, 0.2) is 30.5 Å². The maximum Gasteiger partial charge on any atom is 0.418 e. The lowest BCUT2D eigenvalue weighted by molar-refractivity contribution is -0.141. The number of fused-ring (bicyclic) bond motifs is 1. The first-order valence-corrected chi connectivity index (χ1v) is 5.84. The summed E-state index contributed by atoms with van der Waals surface area (Å²) in [6.45, 7) is -0.463. The second-order valence-corrected chi connectivity index (χ2v) is 4.61. The summed E-state index contributed by atoms with van der Waals surface area (Å²) in [5.74, 6) is 0.440. The van der Waals surface area contributed by atoms with Gasteiger partial charge in [-0.05, 0) is 6.07 Å². The number of hydrogen-bond donors (Lipinski definition) is 2. The van der Waals surface area contributed by atoms with Gasteiger partial charge in [0.25, 0.3) is 0 Å². The van der Waals surface area contributed by atoms with Crippen molar-refractivity contribution in [3.05, 3.63) is 36.0 Å². The minimum absolute atomic E-state index is 0.0326. The minimum Gasteiger partial charge on any atom is -0.479 e. The van der Waals surface area contributed by atoms with Crippen LogP contribution in [-0.2, 0) is 17.5 Å². The lowest BCUT2D eigenvalue weighted by atomic mass is 10.0. The van der Waals surface area contributed by atoms with Crippen LogP contribution in [0.3, 0.4) is 0 Å². The second-order valence-electron chi connectivity index (χ2n) is 4.61. The van der Waals surface area contributed by atoms with Crippen molar-refractivity contribution in [1.29, 1.82) is 0 Å². The number of alkyl halides is 3. The summed E-state index contributed by atoms with van der Waals surface area (Å²) in [5, 5.41) is 9.00. The highest BCUT2D eigenvalue weighted by Crippen LogP contribution is 2.36. The number of terminal acetylenes is 1. The lowest BCUT2D eigenvalue weighted by Gasteiger charge is -2.19. The van der Waals surface area contributed by atoms with Gasteiger partial charge in [-0.2, -0.15) is 13.2 Å². The van der Waals surface area contributed by atoms with Crippen molar-refractivity contribution in [2.24, 2.45) is 5.73 Å². The Hall–Kier alpha value is -2.46. The van der Waals surface area contributed by atoms with Crippen LogP contribution in [0.5, 0.6) is 0 Å². The first-order valence-electron chi connectivity index (χ1n) is 5.84.